The smallest absolute Gasteiger partial charge is 0.333 e. The molecule has 1 atom stereocenters. The molecule has 0 radical (unpaired) electrons. The molecule has 6 heteroatoms. The average molecular weight is 267 g/mol. The standard InChI is InChI=1S/C13H17NO5/c1-9(2)12(16)18-6-5-11(7-14-8-15)19-13(17)10(3)4/h11H,1,3,5-7H2,2,4H3. The topological polar surface area (TPSA) is 82.0 Å². The Kier molecular flexibility index (Phi) is 7.81. The second-order valence-corrected chi connectivity index (χ2v) is 3.94. The van der Waals surface area contributed by atoms with Crippen molar-refractivity contribution < 1.29 is 23.9 Å². The summed E-state index contributed by atoms with van der Waals surface area (Å²) in [5.74, 6) is -1.11. The van der Waals surface area contributed by atoms with E-state index in [-0.39, 0.29) is 30.7 Å². The first-order chi connectivity index (χ1) is 8.88. The average Bonchev–Trinajstić information content (AvgIpc) is 2.34. The highest BCUT2D eigenvalue weighted by atomic mass is 16.6. The fourth-order valence-electron chi connectivity index (χ4n) is 0.985. The van der Waals surface area contributed by atoms with Gasteiger partial charge < -0.3 is 9.47 Å². The lowest BCUT2D eigenvalue weighted by Gasteiger charge is -2.15. The lowest BCUT2D eigenvalue weighted by molar-refractivity contribution is -0.145. The van der Waals surface area contributed by atoms with Crippen LogP contribution in [0.25, 0.3) is 0 Å². The predicted octanol–water partition coefficient (Wildman–Crippen LogP) is 1.32. The minimum absolute atomic E-state index is 0.0346. The van der Waals surface area contributed by atoms with E-state index in [1.165, 1.54) is 19.9 Å². The van der Waals surface area contributed by atoms with Gasteiger partial charge in [-0.15, -0.1) is 0 Å². The molecule has 0 saturated heterocycles. The van der Waals surface area contributed by atoms with Crippen LogP contribution < -0.4 is 0 Å². The largest absolute Gasteiger partial charge is 0.462 e. The van der Waals surface area contributed by atoms with Crippen molar-refractivity contribution in [3.05, 3.63) is 24.3 Å². The van der Waals surface area contributed by atoms with E-state index in [1.54, 1.807) is 0 Å². The monoisotopic (exact) mass is 267 g/mol. The number of ether oxygens (including phenoxy) is 2. The summed E-state index contributed by atoms with van der Waals surface area (Å²) in [5, 5.41) is 0. The first kappa shape index (κ1) is 16.8. The second kappa shape index (κ2) is 8.83. The Morgan fingerprint density at radius 2 is 1.79 bits per heavy atom. The number of rotatable bonds is 8. The van der Waals surface area contributed by atoms with E-state index in [9.17, 15) is 14.4 Å². The van der Waals surface area contributed by atoms with E-state index in [0.29, 0.717) is 0 Å². The Balaban J connectivity index is 4.31. The number of aliphatic imine (C=N–C) groups is 1. The Hall–Kier alpha value is -2.20. The van der Waals surface area contributed by atoms with Crippen LogP contribution in [0.5, 0.6) is 0 Å². The molecule has 0 rings (SSSR count). The van der Waals surface area contributed by atoms with Gasteiger partial charge in [0.15, 0.2) is 0 Å². The highest BCUT2D eigenvalue weighted by molar-refractivity contribution is 5.87. The van der Waals surface area contributed by atoms with Crippen molar-refractivity contribution in [2.24, 2.45) is 4.99 Å². The van der Waals surface area contributed by atoms with Gasteiger partial charge in [0.1, 0.15) is 6.10 Å². The van der Waals surface area contributed by atoms with Crippen LogP contribution >= 0.6 is 0 Å². The van der Waals surface area contributed by atoms with Crippen molar-refractivity contribution >= 4 is 18.0 Å². The highest BCUT2D eigenvalue weighted by Crippen LogP contribution is 2.05. The summed E-state index contributed by atoms with van der Waals surface area (Å²) < 4.78 is 9.90. The molecule has 0 aromatic heterocycles. The van der Waals surface area contributed by atoms with Crippen LogP contribution in [0, 0.1) is 0 Å². The summed E-state index contributed by atoms with van der Waals surface area (Å²) in [6, 6.07) is 0. The van der Waals surface area contributed by atoms with Gasteiger partial charge in [0.25, 0.3) is 0 Å². The number of esters is 2. The van der Waals surface area contributed by atoms with Crippen molar-refractivity contribution in [3.8, 4) is 0 Å². The number of carbonyl (C=O) groups excluding carboxylic acids is 3. The third-order valence-corrected chi connectivity index (χ3v) is 2.00. The van der Waals surface area contributed by atoms with E-state index < -0.39 is 18.0 Å². The predicted molar refractivity (Wildman–Crippen MR) is 68.1 cm³/mol. The van der Waals surface area contributed by atoms with Crippen LogP contribution in [0.2, 0.25) is 0 Å². The van der Waals surface area contributed by atoms with Crippen molar-refractivity contribution in [2.75, 3.05) is 13.2 Å². The molecule has 104 valence electrons. The fraction of sp³-hybridized carbons (Fsp3) is 0.462. The number of nitrogens with zero attached hydrogens (tertiary/aromatic N) is 1. The number of hydrogen-bond acceptors (Lipinski definition) is 6. The van der Waals surface area contributed by atoms with Crippen LogP contribution in [0.15, 0.2) is 29.3 Å². The maximum absolute atomic E-state index is 11.3. The molecule has 19 heavy (non-hydrogen) atoms. The third kappa shape index (κ3) is 7.68. The zero-order chi connectivity index (χ0) is 14.8. The summed E-state index contributed by atoms with van der Waals surface area (Å²) in [7, 11) is 0. The van der Waals surface area contributed by atoms with E-state index in [1.807, 2.05) is 0 Å². The van der Waals surface area contributed by atoms with Crippen LogP contribution in [-0.2, 0) is 23.9 Å². The molecule has 0 heterocycles. The zero-order valence-corrected chi connectivity index (χ0v) is 11.1. The molecule has 0 aliphatic carbocycles. The van der Waals surface area contributed by atoms with Gasteiger partial charge in [-0.25, -0.2) is 19.4 Å². The summed E-state index contributed by atoms with van der Waals surface area (Å²) >= 11 is 0. The van der Waals surface area contributed by atoms with Crippen molar-refractivity contribution in [1.82, 2.24) is 0 Å². The number of carbonyl (C=O) groups is 2. The molecule has 6 nitrogen and oxygen atoms in total. The van der Waals surface area contributed by atoms with E-state index in [2.05, 4.69) is 18.2 Å². The minimum atomic E-state index is -0.663. The maximum Gasteiger partial charge on any atom is 0.333 e. The zero-order valence-electron chi connectivity index (χ0n) is 11.1. The first-order valence-electron chi connectivity index (χ1n) is 5.61. The molecule has 0 amide bonds. The Morgan fingerprint density at radius 3 is 2.26 bits per heavy atom. The maximum atomic E-state index is 11.3. The molecular weight excluding hydrogens is 250 g/mol. The van der Waals surface area contributed by atoms with Crippen LogP contribution in [0.1, 0.15) is 20.3 Å². The molecule has 0 N–H and O–H groups in total. The van der Waals surface area contributed by atoms with Gasteiger partial charge in [-0.2, -0.15) is 0 Å². The molecule has 0 aliphatic rings. The molecule has 0 fully saturated rings. The summed E-state index contributed by atoms with van der Waals surface area (Å²) in [5.41, 5.74) is 0.514. The van der Waals surface area contributed by atoms with Crippen molar-refractivity contribution in [1.29, 1.82) is 0 Å². The van der Waals surface area contributed by atoms with E-state index in [0.717, 1.165) is 0 Å². The van der Waals surface area contributed by atoms with Crippen molar-refractivity contribution in [3.63, 3.8) is 0 Å². The molecule has 0 bridgehead atoms. The first-order valence-corrected chi connectivity index (χ1v) is 5.61. The molecule has 0 aromatic carbocycles. The SMILES string of the molecule is C=C(C)C(=O)OCCC(CN=C=O)OC(=O)C(=C)C. The quantitative estimate of drug-likeness (QED) is 0.287. The van der Waals surface area contributed by atoms with Gasteiger partial charge in [0.2, 0.25) is 6.08 Å². The van der Waals surface area contributed by atoms with Gasteiger partial charge in [-0.05, 0) is 13.8 Å². The summed E-state index contributed by atoms with van der Waals surface area (Å²) in [6.45, 7) is 9.90. The Bertz CT molecular complexity index is 421. The van der Waals surface area contributed by atoms with Gasteiger partial charge in [-0.3, -0.25) is 0 Å². The molecule has 1 unspecified atom stereocenters. The summed E-state index contributed by atoms with van der Waals surface area (Å²) in [6.07, 6.45) is 0.920. The van der Waals surface area contributed by atoms with Crippen LogP contribution in [0.3, 0.4) is 0 Å². The molecule has 0 saturated carbocycles. The van der Waals surface area contributed by atoms with E-state index >= 15 is 0 Å². The minimum Gasteiger partial charge on any atom is -0.462 e. The van der Waals surface area contributed by atoms with Crippen LogP contribution in [-0.4, -0.2) is 37.3 Å². The number of isocyanates is 1. The van der Waals surface area contributed by atoms with Gasteiger partial charge in [0.05, 0.1) is 13.2 Å². The van der Waals surface area contributed by atoms with E-state index in [4.69, 9.17) is 9.47 Å². The Labute approximate surface area is 111 Å². The van der Waals surface area contributed by atoms with Crippen LogP contribution in [0.4, 0.5) is 0 Å². The lowest BCUT2D eigenvalue weighted by Crippen LogP contribution is -2.24. The summed E-state index contributed by atoms with van der Waals surface area (Å²) in [4.78, 5) is 35.9. The second-order valence-electron chi connectivity index (χ2n) is 3.94. The van der Waals surface area contributed by atoms with Gasteiger partial charge in [-0.1, -0.05) is 13.2 Å². The highest BCUT2D eigenvalue weighted by Gasteiger charge is 2.15. The lowest BCUT2D eigenvalue weighted by atomic mass is 10.2. The Morgan fingerprint density at radius 1 is 1.21 bits per heavy atom. The molecular formula is C13H17NO5. The van der Waals surface area contributed by atoms with Crippen molar-refractivity contribution in [2.45, 2.75) is 26.4 Å². The third-order valence-electron chi connectivity index (χ3n) is 2.00. The molecule has 0 spiro atoms. The molecule has 0 aliphatic heterocycles. The number of hydrogen-bond donors (Lipinski definition) is 0. The van der Waals surface area contributed by atoms with Gasteiger partial charge in [0, 0.05) is 17.6 Å². The fourth-order valence-corrected chi connectivity index (χ4v) is 0.985. The normalized spacial score (nSPS) is 10.8. The molecule has 0 aromatic rings. The van der Waals surface area contributed by atoms with Gasteiger partial charge >= 0.3 is 11.9 Å².